The van der Waals surface area contributed by atoms with Gasteiger partial charge in [0, 0.05) is 11.1 Å². The lowest BCUT2D eigenvalue weighted by Crippen LogP contribution is -2.11. The number of hydrogen-bond donors (Lipinski definition) is 3. The van der Waals surface area contributed by atoms with Gasteiger partial charge in [0.15, 0.2) is 0 Å². The van der Waals surface area contributed by atoms with Gasteiger partial charge < -0.3 is 20.1 Å². The number of esters is 1. The molecule has 0 saturated heterocycles. The normalized spacial score (nSPS) is 14.7. The first kappa shape index (κ1) is 20.4. The minimum absolute atomic E-state index is 0.00298. The van der Waals surface area contributed by atoms with Gasteiger partial charge in [-0.1, -0.05) is 18.2 Å². The highest BCUT2D eigenvalue weighted by Crippen LogP contribution is 2.38. The molecule has 3 N–H and O–H groups in total. The van der Waals surface area contributed by atoms with Crippen LogP contribution in [0.5, 0.6) is 17.2 Å². The van der Waals surface area contributed by atoms with Gasteiger partial charge in [-0.3, -0.25) is 4.79 Å². The number of allylic oxidation sites excluding steroid dienone is 1. The Balaban J connectivity index is 1.89. The molecule has 1 aliphatic heterocycles. The summed E-state index contributed by atoms with van der Waals surface area (Å²) in [5.74, 6) is -1.10. The zero-order valence-electron chi connectivity index (χ0n) is 15.9. The molecular formula is C24H15BrO6. The molecular weight excluding hydrogens is 464 g/mol. The predicted octanol–water partition coefficient (Wildman–Crippen LogP) is 4.80. The molecule has 0 radical (unpaired) electrons. The summed E-state index contributed by atoms with van der Waals surface area (Å²) in [4.78, 5) is 25.9. The van der Waals surface area contributed by atoms with E-state index < -0.39 is 11.8 Å². The maximum absolute atomic E-state index is 13.2. The van der Waals surface area contributed by atoms with Gasteiger partial charge in [-0.25, -0.2) is 4.79 Å². The Bertz CT molecular complexity index is 1250. The molecule has 0 atom stereocenters. The lowest BCUT2D eigenvalue weighted by atomic mass is 9.93. The summed E-state index contributed by atoms with van der Waals surface area (Å²) in [7, 11) is 0. The van der Waals surface area contributed by atoms with Crippen LogP contribution < -0.4 is 0 Å². The van der Waals surface area contributed by atoms with Crippen molar-refractivity contribution in [2.45, 2.75) is 0 Å². The summed E-state index contributed by atoms with van der Waals surface area (Å²) in [6.07, 6.45) is 1.58. The van der Waals surface area contributed by atoms with Gasteiger partial charge in [0.2, 0.25) is 5.78 Å². The van der Waals surface area contributed by atoms with Crippen molar-refractivity contribution in [3.63, 3.8) is 0 Å². The van der Waals surface area contributed by atoms with E-state index in [9.17, 15) is 24.9 Å². The molecule has 4 rings (SSSR count). The Hall–Kier alpha value is -3.84. The summed E-state index contributed by atoms with van der Waals surface area (Å²) in [6.45, 7) is 0. The second-order valence-electron chi connectivity index (χ2n) is 6.78. The van der Waals surface area contributed by atoms with Crippen LogP contribution in [-0.4, -0.2) is 27.1 Å². The Morgan fingerprint density at radius 2 is 1.48 bits per heavy atom. The molecule has 6 nitrogen and oxygen atoms in total. The summed E-state index contributed by atoms with van der Waals surface area (Å²) in [5, 5.41) is 28.8. The standard InChI is InChI=1S/C24H15BrO6/c25-18-11-13(1-10-19(18)28)12-20-21(14-2-6-16(26)7-3-14)22(24(30)31-20)23(29)15-4-8-17(27)9-5-15/h1-12,26-28H/b20-12-. The first-order valence-electron chi connectivity index (χ1n) is 9.13. The van der Waals surface area contributed by atoms with Crippen LogP contribution in [0.4, 0.5) is 0 Å². The molecule has 0 fully saturated rings. The van der Waals surface area contributed by atoms with Crippen LogP contribution in [0, 0.1) is 0 Å². The fourth-order valence-electron chi connectivity index (χ4n) is 3.17. The number of Topliss-reactive ketones (excluding diaryl/α,β-unsaturated/α-hetero) is 1. The van der Waals surface area contributed by atoms with Gasteiger partial charge in [-0.15, -0.1) is 0 Å². The maximum atomic E-state index is 13.2. The number of carbonyl (C=O) groups is 2. The fourth-order valence-corrected chi connectivity index (χ4v) is 3.57. The second-order valence-corrected chi connectivity index (χ2v) is 7.64. The van der Waals surface area contributed by atoms with E-state index in [1.54, 1.807) is 30.3 Å². The molecule has 0 unspecified atom stereocenters. The van der Waals surface area contributed by atoms with E-state index in [2.05, 4.69) is 15.9 Å². The molecule has 1 aliphatic rings. The third-order valence-electron chi connectivity index (χ3n) is 4.69. The van der Waals surface area contributed by atoms with E-state index in [0.717, 1.165) is 0 Å². The number of hydrogen-bond acceptors (Lipinski definition) is 6. The smallest absolute Gasteiger partial charge is 0.348 e. The summed E-state index contributed by atoms with van der Waals surface area (Å²) in [6, 6.07) is 16.4. The number of cyclic esters (lactones) is 1. The van der Waals surface area contributed by atoms with Gasteiger partial charge in [0.1, 0.15) is 28.6 Å². The Morgan fingerprint density at radius 1 is 0.871 bits per heavy atom. The molecule has 0 aromatic heterocycles. The minimum atomic E-state index is -0.801. The van der Waals surface area contributed by atoms with Crippen molar-refractivity contribution in [1.82, 2.24) is 0 Å². The van der Waals surface area contributed by atoms with Gasteiger partial charge in [0.25, 0.3) is 0 Å². The number of carbonyl (C=O) groups excluding carboxylic acids is 2. The van der Waals surface area contributed by atoms with Crippen molar-refractivity contribution >= 4 is 39.3 Å². The largest absolute Gasteiger partial charge is 0.508 e. The summed E-state index contributed by atoms with van der Waals surface area (Å²) in [5.41, 5.74) is 1.49. The minimum Gasteiger partial charge on any atom is -0.508 e. The van der Waals surface area contributed by atoms with E-state index in [4.69, 9.17) is 4.74 Å². The van der Waals surface area contributed by atoms with E-state index >= 15 is 0 Å². The van der Waals surface area contributed by atoms with Gasteiger partial charge in [-0.2, -0.15) is 0 Å². The van der Waals surface area contributed by atoms with E-state index in [-0.39, 0.29) is 39.7 Å². The topological polar surface area (TPSA) is 104 Å². The quantitative estimate of drug-likeness (QED) is 0.282. The third-order valence-corrected chi connectivity index (χ3v) is 5.32. The number of phenolic OH excluding ortho intramolecular Hbond substituents is 3. The first-order chi connectivity index (χ1) is 14.8. The van der Waals surface area contributed by atoms with Gasteiger partial charge in [0.05, 0.1) is 4.47 Å². The molecule has 0 aliphatic carbocycles. The van der Waals surface area contributed by atoms with Crippen LogP contribution >= 0.6 is 15.9 Å². The molecule has 7 heteroatoms. The van der Waals surface area contributed by atoms with Crippen LogP contribution in [0.25, 0.3) is 11.6 Å². The van der Waals surface area contributed by atoms with Gasteiger partial charge in [-0.05, 0) is 81.7 Å². The molecule has 0 saturated carbocycles. The molecule has 0 bridgehead atoms. The molecule has 3 aromatic rings. The summed E-state index contributed by atoms with van der Waals surface area (Å²) < 4.78 is 5.91. The number of rotatable bonds is 4. The van der Waals surface area contributed by atoms with Crippen LogP contribution in [0.2, 0.25) is 0 Å². The maximum Gasteiger partial charge on any atom is 0.348 e. The monoisotopic (exact) mass is 478 g/mol. The van der Waals surface area contributed by atoms with Crippen molar-refractivity contribution in [2.75, 3.05) is 0 Å². The predicted molar refractivity (Wildman–Crippen MR) is 117 cm³/mol. The highest BCUT2D eigenvalue weighted by atomic mass is 79.9. The fraction of sp³-hybridized carbons (Fsp3) is 0. The third kappa shape index (κ3) is 4.08. The van der Waals surface area contributed by atoms with Gasteiger partial charge >= 0.3 is 5.97 Å². The molecule has 0 spiro atoms. The van der Waals surface area contributed by atoms with Crippen molar-refractivity contribution in [3.05, 3.63) is 99.2 Å². The Labute approximate surface area is 185 Å². The second kappa shape index (κ2) is 8.12. The van der Waals surface area contributed by atoms with Crippen LogP contribution in [-0.2, 0) is 9.53 Å². The van der Waals surface area contributed by atoms with Crippen molar-refractivity contribution in [2.24, 2.45) is 0 Å². The number of ketones is 1. The summed E-state index contributed by atoms with van der Waals surface area (Å²) >= 11 is 3.25. The molecule has 3 aromatic carbocycles. The number of aromatic hydroxyl groups is 3. The van der Waals surface area contributed by atoms with Crippen LogP contribution in [0.15, 0.2) is 82.5 Å². The molecule has 0 amide bonds. The Morgan fingerprint density at radius 3 is 2.10 bits per heavy atom. The van der Waals surface area contributed by atoms with E-state index in [0.29, 0.717) is 15.6 Å². The molecule has 154 valence electrons. The van der Waals surface area contributed by atoms with Crippen molar-refractivity contribution in [3.8, 4) is 17.2 Å². The first-order valence-corrected chi connectivity index (χ1v) is 9.93. The zero-order chi connectivity index (χ0) is 22.1. The van der Waals surface area contributed by atoms with Crippen LogP contribution in [0.3, 0.4) is 0 Å². The number of ether oxygens (including phenoxy) is 1. The Kier molecular flexibility index (Phi) is 5.35. The zero-order valence-corrected chi connectivity index (χ0v) is 17.5. The number of benzene rings is 3. The SMILES string of the molecule is O=C1O/C(=C\c2ccc(O)c(Br)c2)C(c2ccc(O)cc2)=C1C(=O)c1ccc(O)cc1. The number of halogens is 1. The lowest BCUT2D eigenvalue weighted by Gasteiger charge is -2.07. The highest BCUT2D eigenvalue weighted by Gasteiger charge is 2.36. The average Bonchev–Trinajstić information content (AvgIpc) is 3.07. The molecule has 31 heavy (non-hydrogen) atoms. The highest BCUT2D eigenvalue weighted by molar-refractivity contribution is 9.10. The van der Waals surface area contributed by atoms with Crippen molar-refractivity contribution < 1.29 is 29.6 Å². The van der Waals surface area contributed by atoms with E-state index in [1.807, 2.05) is 0 Å². The van der Waals surface area contributed by atoms with Crippen LogP contribution in [0.1, 0.15) is 21.5 Å². The lowest BCUT2D eigenvalue weighted by molar-refractivity contribution is -0.132. The van der Waals surface area contributed by atoms with Crippen molar-refractivity contribution in [1.29, 1.82) is 0 Å². The number of phenols is 3. The van der Waals surface area contributed by atoms with E-state index in [1.165, 1.54) is 42.5 Å². The average molecular weight is 479 g/mol. The molecule has 1 heterocycles.